The zero-order valence-corrected chi connectivity index (χ0v) is 14.7. The predicted molar refractivity (Wildman–Crippen MR) is 94.9 cm³/mol. The van der Waals surface area contributed by atoms with Crippen molar-refractivity contribution in [1.29, 1.82) is 0 Å². The molecule has 0 bridgehead atoms. The van der Waals surface area contributed by atoms with E-state index in [-0.39, 0.29) is 0 Å². The molecular formula is C19H21N2O4+. The van der Waals surface area contributed by atoms with Gasteiger partial charge in [0.25, 0.3) is 5.69 Å². The average Bonchev–Trinajstić information content (AvgIpc) is 3.10. The summed E-state index contributed by atoms with van der Waals surface area (Å²) in [6, 6.07) is 9.55. The lowest BCUT2D eigenvalue weighted by Crippen LogP contribution is -2.02. The van der Waals surface area contributed by atoms with E-state index >= 15 is 0 Å². The normalized spacial score (nSPS) is 10.6. The number of rotatable bonds is 5. The number of aromatic amines is 1. The molecule has 6 heteroatoms. The second-order valence-electron chi connectivity index (χ2n) is 5.61. The lowest BCUT2D eigenvalue weighted by molar-refractivity contribution is -0.599. The number of aromatic nitrogens is 1. The summed E-state index contributed by atoms with van der Waals surface area (Å²) in [5.74, 6) is 2.01. The number of nitrogens with one attached hydrogen (secondary N) is 1. The van der Waals surface area contributed by atoms with Gasteiger partial charge in [-0.1, -0.05) is 6.07 Å². The number of benzene rings is 2. The highest BCUT2D eigenvalue weighted by atomic mass is 16.5. The second kappa shape index (κ2) is 6.76. The van der Waals surface area contributed by atoms with Gasteiger partial charge in [0.05, 0.1) is 32.6 Å². The number of nitrogen functional groups attached to an aromatic ring is 1. The Morgan fingerprint density at radius 2 is 1.68 bits per heavy atom. The van der Waals surface area contributed by atoms with Gasteiger partial charge >= 0.3 is 0 Å². The summed E-state index contributed by atoms with van der Waals surface area (Å²) in [6.45, 7) is 1.97. The van der Waals surface area contributed by atoms with E-state index in [2.05, 4.69) is 5.16 Å². The van der Waals surface area contributed by atoms with Gasteiger partial charge in [-0.25, -0.2) is 4.52 Å². The van der Waals surface area contributed by atoms with E-state index in [0.717, 1.165) is 27.9 Å². The Morgan fingerprint density at radius 3 is 2.32 bits per heavy atom. The Morgan fingerprint density at radius 1 is 0.920 bits per heavy atom. The molecule has 6 nitrogen and oxygen atoms in total. The number of hydrogen-bond donors (Lipinski definition) is 1. The molecule has 3 N–H and O–H groups in total. The van der Waals surface area contributed by atoms with E-state index in [1.165, 1.54) is 0 Å². The van der Waals surface area contributed by atoms with Gasteiger partial charge in [0.1, 0.15) is 11.3 Å². The first kappa shape index (κ1) is 16.7. The van der Waals surface area contributed by atoms with Crippen LogP contribution in [0.2, 0.25) is 0 Å². The van der Waals surface area contributed by atoms with E-state index in [4.69, 9.17) is 24.5 Å². The zero-order chi connectivity index (χ0) is 18.0. The highest BCUT2D eigenvalue weighted by molar-refractivity contribution is 5.81. The molecule has 25 heavy (non-hydrogen) atoms. The van der Waals surface area contributed by atoms with E-state index < -0.39 is 0 Å². The molecule has 130 valence electrons. The highest BCUT2D eigenvalue weighted by Gasteiger charge is 2.22. The van der Waals surface area contributed by atoms with Gasteiger partial charge in [-0.2, -0.15) is 0 Å². The Labute approximate surface area is 146 Å². The van der Waals surface area contributed by atoms with Crippen molar-refractivity contribution in [3.05, 3.63) is 42.2 Å². The van der Waals surface area contributed by atoms with Crippen molar-refractivity contribution in [3.8, 4) is 39.6 Å². The Kier molecular flexibility index (Phi) is 4.52. The topological polar surface area (TPSA) is 81.0 Å². The number of nitrogens with two attached hydrogens (primary N) is 1. The van der Waals surface area contributed by atoms with Gasteiger partial charge in [0, 0.05) is 0 Å². The number of anilines is 1. The van der Waals surface area contributed by atoms with Crippen LogP contribution in [0.25, 0.3) is 22.4 Å². The van der Waals surface area contributed by atoms with E-state index in [0.29, 0.717) is 22.9 Å². The minimum atomic E-state index is 0.565. The van der Waals surface area contributed by atoms with Crippen molar-refractivity contribution in [1.82, 2.24) is 0 Å². The molecule has 0 saturated carbocycles. The third kappa shape index (κ3) is 2.98. The van der Waals surface area contributed by atoms with Gasteiger partial charge < -0.3 is 19.9 Å². The molecule has 0 fully saturated rings. The van der Waals surface area contributed by atoms with Gasteiger partial charge in [-0.15, -0.1) is 0 Å². The quantitative estimate of drug-likeness (QED) is 0.720. The number of hydrogen-bond acceptors (Lipinski definition) is 5. The molecule has 3 aromatic rings. The third-order valence-electron chi connectivity index (χ3n) is 4.10. The molecule has 1 heterocycles. The molecule has 0 radical (unpaired) electrons. The van der Waals surface area contributed by atoms with Gasteiger partial charge in [0.2, 0.25) is 0 Å². The minimum Gasteiger partial charge on any atom is -0.495 e. The number of methoxy groups -OCH3 is 3. The average molecular weight is 341 g/mol. The largest absolute Gasteiger partial charge is 0.495 e. The van der Waals surface area contributed by atoms with Crippen LogP contribution in [0.3, 0.4) is 0 Å². The molecule has 1 aromatic heterocycles. The fourth-order valence-electron chi connectivity index (χ4n) is 2.89. The third-order valence-corrected chi connectivity index (χ3v) is 4.10. The number of H-pyrrole nitrogens is 1. The summed E-state index contributed by atoms with van der Waals surface area (Å²) in [7, 11) is 4.83. The van der Waals surface area contributed by atoms with Crippen LogP contribution in [0.15, 0.2) is 41.1 Å². The summed E-state index contributed by atoms with van der Waals surface area (Å²) >= 11 is 0. The van der Waals surface area contributed by atoms with Gasteiger partial charge in [-0.3, -0.25) is 0 Å². The number of ether oxygens (including phenoxy) is 3. The Balaban J connectivity index is 2.11. The summed E-state index contributed by atoms with van der Waals surface area (Å²) in [5, 5.41) is 2.94. The highest BCUT2D eigenvalue weighted by Crippen LogP contribution is 2.38. The lowest BCUT2D eigenvalue weighted by atomic mass is 9.99. The molecule has 2 aromatic carbocycles. The second-order valence-corrected chi connectivity index (χ2v) is 5.61. The van der Waals surface area contributed by atoms with Crippen molar-refractivity contribution in [2.45, 2.75) is 6.92 Å². The van der Waals surface area contributed by atoms with E-state index in [1.54, 1.807) is 27.6 Å². The maximum atomic E-state index is 6.03. The monoisotopic (exact) mass is 341 g/mol. The van der Waals surface area contributed by atoms with Crippen LogP contribution in [0, 0.1) is 6.92 Å². The molecule has 0 aliphatic carbocycles. The molecule has 0 aliphatic heterocycles. The smallest absolute Gasteiger partial charge is 0.267 e. The summed E-state index contributed by atoms with van der Waals surface area (Å²) < 4.78 is 21.4. The Hall–Kier alpha value is -3.15. The van der Waals surface area contributed by atoms with Crippen LogP contribution in [-0.2, 0) is 0 Å². The molecule has 0 atom stereocenters. The molecular weight excluding hydrogens is 320 g/mol. The maximum Gasteiger partial charge on any atom is 0.267 e. The van der Waals surface area contributed by atoms with Crippen molar-refractivity contribution in [2.24, 2.45) is 0 Å². The first-order chi connectivity index (χ1) is 12.1. The van der Waals surface area contributed by atoms with Crippen LogP contribution in [0.1, 0.15) is 5.56 Å². The van der Waals surface area contributed by atoms with Gasteiger partial charge in [0.15, 0.2) is 17.8 Å². The SMILES string of the molecule is COc1ccc(-c2co[nH+]c2-c2cc(C)c(OC)c(OC)c2)cc1N. The molecule has 3 rings (SSSR count). The standard InChI is InChI=1S/C19H20N2O4/c1-11-7-13(9-17(23-3)19(11)24-4)18-14(10-25-21-18)12-5-6-16(22-2)15(20)8-12/h5-10H,20H2,1-4H3/p+1. The van der Waals surface area contributed by atoms with Crippen molar-refractivity contribution in [3.63, 3.8) is 0 Å². The minimum absolute atomic E-state index is 0.565. The predicted octanol–water partition coefficient (Wildman–Crippen LogP) is 3.34. The van der Waals surface area contributed by atoms with Crippen LogP contribution in [0.5, 0.6) is 17.2 Å². The molecule has 0 spiro atoms. The summed E-state index contributed by atoms with van der Waals surface area (Å²) in [4.78, 5) is 0. The molecule has 0 aliphatic rings. The van der Waals surface area contributed by atoms with Crippen molar-refractivity contribution >= 4 is 5.69 Å². The van der Waals surface area contributed by atoms with Crippen molar-refractivity contribution in [2.75, 3.05) is 27.1 Å². The van der Waals surface area contributed by atoms with E-state index in [1.807, 2.05) is 37.3 Å². The first-order valence-corrected chi connectivity index (χ1v) is 7.75. The fraction of sp³-hybridized carbons (Fsp3) is 0.211. The van der Waals surface area contributed by atoms with Crippen LogP contribution >= 0.6 is 0 Å². The molecule has 0 unspecified atom stereocenters. The van der Waals surface area contributed by atoms with E-state index in [9.17, 15) is 0 Å². The lowest BCUT2D eigenvalue weighted by Gasteiger charge is -2.11. The summed E-state index contributed by atoms with van der Waals surface area (Å²) in [6.07, 6.45) is 1.66. The molecule has 0 amide bonds. The summed E-state index contributed by atoms with van der Waals surface area (Å²) in [5.41, 5.74) is 11.1. The fourth-order valence-corrected chi connectivity index (χ4v) is 2.89. The van der Waals surface area contributed by atoms with Crippen LogP contribution in [0.4, 0.5) is 5.69 Å². The Bertz CT molecular complexity index is 902. The maximum absolute atomic E-state index is 6.03. The zero-order valence-electron chi connectivity index (χ0n) is 14.7. The first-order valence-electron chi connectivity index (χ1n) is 7.75. The van der Waals surface area contributed by atoms with Crippen LogP contribution < -0.4 is 25.1 Å². The van der Waals surface area contributed by atoms with Gasteiger partial charge in [-0.05, 0) is 47.5 Å². The molecule has 0 saturated heterocycles. The van der Waals surface area contributed by atoms with Crippen molar-refractivity contribution < 1.29 is 23.9 Å². The number of aryl methyl sites for hydroxylation is 1. The van der Waals surface area contributed by atoms with Crippen LogP contribution in [-0.4, -0.2) is 21.3 Å².